The van der Waals surface area contributed by atoms with Gasteiger partial charge >= 0.3 is 0 Å². The molecule has 0 saturated heterocycles. The van der Waals surface area contributed by atoms with Crippen LogP contribution in [-0.2, 0) is 6.54 Å². The van der Waals surface area contributed by atoms with Crippen molar-refractivity contribution in [3.8, 4) is 0 Å². The Morgan fingerprint density at radius 1 is 1.47 bits per heavy atom. The molecule has 5 heteroatoms. The van der Waals surface area contributed by atoms with E-state index in [1.807, 2.05) is 11.4 Å². The van der Waals surface area contributed by atoms with E-state index in [2.05, 4.69) is 14.9 Å². The van der Waals surface area contributed by atoms with Crippen LogP contribution in [0.2, 0.25) is 0 Å². The summed E-state index contributed by atoms with van der Waals surface area (Å²) in [5.41, 5.74) is 2.28. The van der Waals surface area contributed by atoms with Crippen molar-refractivity contribution in [2.24, 2.45) is 0 Å². The van der Waals surface area contributed by atoms with E-state index in [4.69, 9.17) is 0 Å². The molecule has 3 nitrogen and oxygen atoms in total. The van der Waals surface area contributed by atoms with Gasteiger partial charge in [-0.2, -0.15) is 0 Å². The van der Waals surface area contributed by atoms with Gasteiger partial charge < -0.3 is 5.32 Å². The van der Waals surface area contributed by atoms with E-state index in [1.165, 1.54) is 17.6 Å². The molecular formula is C10H10FN3S. The van der Waals surface area contributed by atoms with E-state index in [9.17, 15) is 4.39 Å². The Morgan fingerprint density at radius 3 is 3.07 bits per heavy atom. The Bertz CT molecular complexity index is 442. The lowest BCUT2D eigenvalue weighted by molar-refractivity contribution is 0.619. The van der Waals surface area contributed by atoms with Gasteiger partial charge in [-0.15, -0.1) is 5.10 Å². The maximum atomic E-state index is 13.2. The first-order valence-corrected chi connectivity index (χ1v) is 5.36. The minimum Gasteiger partial charge on any atom is -0.379 e. The van der Waals surface area contributed by atoms with Crippen molar-refractivity contribution in [2.45, 2.75) is 13.5 Å². The fourth-order valence-corrected chi connectivity index (χ4v) is 1.70. The van der Waals surface area contributed by atoms with E-state index in [-0.39, 0.29) is 5.82 Å². The van der Waals surface area contributed by atoms with Crippen molar-refractivity contribution in [1.29, 1.82) is 0 Å². The molecule has 0 unspecified atom stereocenters. The molecule has 0 radical (unpaired) electrons. The van der Waals surface area contributed by atoms with E-state index < -0.39 is 0 Å². The van der Waals surface area contributed by atoms with Gasteiger partial charge in [0.05, 0.1) is 12.2 Å². The maximum Gasteiger partial charge on any atom is 0.128 e. The largest absolute Gasteiger partial charge is 0.379 e. The van der Waals surface area contributed by atoms with E-state index >= 15 is 0 Å². The van der Waals surface area contributed by atoms with Crippen LogP contribution in [0.1, 0.15) is 11.3 Å². The van der Waals surface area contributed by atoms with Crippen molar-refractivity contribution < 1.29 is 4.39 Å². The maximum absolute atomic E-state index is 13.2. The summed E-state index contributed by atoms with van der Waals surface area (Å²) in [5.74, 6) is -0.198. The third kappa shape index (κ3) is 2.30. The average molecular weight is 223 g/mol. The molecule has 0 spiro atoms. The molecule has 0 saturated carbocycles. The van der Waals surface area contributed by atoms with Gasteiger partial charge in [-0.05, 0) is 30.6 Å². The summed E-state index contributed by atoms with van der Waals surface area (Å²) in [6.07, 6.45) is 0. The van der Waals surface area contributed by atoms with Crippen LogP contribution in [0.25, 0.3) is 0 Å². The molecular weight excluding hydrogens is 213 g/mol. The number of aromatic nitrogens is 2. The third-order valence-electron chi connectivity index (χ3n) is 2.13. The number of hydrogen-bond acceptors (Lipinski definition) is 4. The molecule has 0 aliphatic heterocycles. The van der Waals surface area contributed by atoms with Crippen LogP contribution in [-0.4, -0.2) is 9.59 Å². The monoisotopic (exact) mass is 223 g/mol. The predicted molar refractivity (Wildman–Crippen MR) is 58.4 cm³/mol. The zero-order valence-electron chi connectivity index (χ0n) is 8.20. The number of halogens is 1. The van der Waals surface area contributed by atoms with Crippen molar-refractivity contribution in [1.82, 2.24) is 9.59 Å². The highest BCUT2D eigenvalue weighted by atomic mass is 32.1. The van der Waals surface area contributed by atoms with E-state index in [1.54, 1.807) is 13.0 Å². The second kappa shape index (κ2) is 4.35. The highest BCUT2D eigenvalue weighted by Gasteiger charge is 2.03. The SMILES string of the molecule is Cc1c(F)cccc1NCc1csnn1. The van der Waals surface area contributed by atoms with Gasteiger partial charge in [0.1, 0.15) is 5.82 Å². The highest BCUT2D eigenvalue weighted by molar-refractivity contribution is 7.03. The lowest BCUT2D eigenvalue weighted by Gasteiger charge is -2.07. The summed E-state index contributed by atoms with van der Waals surface area (Å²) < 4.78 is 16.9. The number of nitrogens with zero attached hydrogens (tertiary/aromatic N) is 2. The number of hydrogen-bond donors (Lipinski definition) is 1. The van der Waals surface area contributed by atoms with Crippen molar-refractivity contribution in [2.75, 3.05) is 5.32 Å². The van der Waals surface area contributed by atoms with Gasteiger partial charge in [-0.3, -0.25) is 0 Å². The Kier molecular flexibility index (Phi) is 2.91. The Labute approximate surface area is 91.1 Å². The second-order valence-corrected chi connectivity index (χ2v) is 3.77. The van der Waals surface area contributed by atoms with Crippen LogP contribution in [0, 0.1) is 12.7 Å². The first-order chi connectivity index (χ1) is 7.27. The molecule has 0 fully saturated rings. The molecule has 78 valence electrons. The summed E-state index contributed by atoms with van der Waals surface area (Å²) in [7, 11) is 0. The Hall–Kier alpha value is -1.49. The van der Waals surface area contributed by atoms with Gasteiger partial charge in [0.2, 0.25) is 0 Å². The standard InChI is InChI=1S/C10H10FN3S/c1-7-9(11)3-2-4-10(7)12-5-8-6-15-14-13-8/h2-4,6,12H,5H2,1H3. The molecule has 0 amide bonds. The van der Waals surface area contributed by atoms with Crippen LogP contribution >= 0.6 is 11.5 Å². The van der Waals surface area contributed by atoms with E-state index in [0.717, 1.165) is 11.4 Å². The molecule has 15 heavy (non-hydrogen) atoms. The van der Waals surface area contributed by atoms with E-state index in [0.29, 0.717) is 12.1 Å². The minimum atomic E-state index is -0.198. The summed E-state index contributed by atoms with van der Waals surface area (Å²) in [6.45, 7) is 2.32. The second-order valence-electron chi connectivity index (χ2n) is 3.16. The summed E-state index contributed by atoms with van der Waals surface area (Å²) >= 11 is 1.31. The molecule has 1 aromatic heterocycles. The smallest absolute Gasteiger partial charge is 0.128 e. The normalized spacial score (nSPS) is 10.3. The molecule has 1 aromatic carbocycles. The summed E-state index contributed by atoms with van der Waals surface area (Å²) in [5, 5.41) is 8.88. The number of rotatable bonds is 3. The number of nitrogens with one attached hydrogen (secondary N) is 1. The summed E-state index contributed by atoms with van der Waals surface area (Å²) in [6, 6.07) is 4.98. The molecule has 0 bridgehead atoms. The molecule has 1 N–H and O–H groups in total. The van der Waals surface area contributed by atoms with Gasteiger partial charge in [0, 0.05) is 16.6 Å². The predicted octanol–water partition coefficient (Wildman–Crippen LogP) is 2.60. The molecule has 0 aliphatic rings. The molecule has 1 heterocycles. The third-order valence-corrected chi connectivity index (χ3v) is 2.69. The van der Waals surface area contributed by atoms with Gasteiger partial charge in [0.25, 0.3) is 0 Å². The quantitative estimate of drug-likeness (QED) is 0.869. The number of anilines is 1. The lowest BCUT2D eigenvalue weighted by atomic mass is 10.2. The summed E-state index contributed by atoms with van der Waals surface area (Å²) in [4.78, 5) is 0. The van der Waals surface area contributed by atoms with Crippen LogP contribution in [0.4, 0.5) is 10.1 Å². The fraction of sp³-hybridized carbons (Fsp3) is 0.200. The minimum absolute atomic E-state index is 0.198. The van der Waals surface area contributed by atoms with Crippen LogP contribution < -0.4 is 5.32 Å². The van der Waals surface area contributed by atoms with Gasteiger partial charge in [-0.25, -0.2) is 4.39 Å². The molecule has 0 atom stereocenters. The average Bonchev–Trinajstić information content (AvgIpc) is 2.73. The van der Waals surface area contributed by atoms with Crippen molar-refractivity contribution >= 4 is 17.2 Å². The zero-order chi connectivity index (χ0) is 10.7. The van der Waals surface area contributed by atoms with Crippen molar-refractivity contribution in [3.05, 3.63) is 40.7 Å². The van der Waals surface area contributed by atoms with Crippen molar-refractivity contribution in [3.63, 3.8) is 0 Å². The zero-order valence-corrected chi connectivity index (χ0v) is 9.01. The lowest BCUT2D eigenvalue weighted by Crippen LogP contribution is -2.02. The fourth-order valence-electron chi connectivity index (χ4n) is 1.25. The Morgan fingerprint density at radius 2 is 2.33 bits per heavy atom. The van der Waals surface area contributed by atoms with Crippen LogP contribution in [0.5, 0.6) is 0 Å². The first kappa shape index (κ1) is 10.0. The Balaban J connectivity index is 2.08. The number of benzene rings is 1. The van der Waals surface area contributed by atoms with Crippen LogP contribution in [0.3, 0.4) is 0 Å². The van der Waals surface area contributed by atoms with Crippen LogP contribution in [0.15, 0.2) is 23.6 Å². The van der Waals surface area contributed by atoms with Gasteiger partial charge in [-0.1, -0.05) is 10.6 Å². The highest BCUT2D eigenvalue weighted by Crippen LogP contribution is 2.17. The van der Waals surface area contributed by atoms with Gasteiger partial charge in [0.15, 0.2) is 0 Å². The molecule has 2 rings (SSSR count). The molecule has 0 aliphatic carbocycles. The molecule has 2 aromatic rings. The topological polar surface area (TPSA) is 37.8 Å². The first-order valence-electron chi connectivity index (χ1n) is 4.52.